The normalized spacial score (nSPS) is 15.8. The van der Waals surface area contributed by atoms with Gasteiger partial charge in [-0.25, -0.2) is 4.79 Å². The summed E-state index contributed by atoms with van der Waals surface area (Å²) in [5.41, 5.74) is 6.08. The van der Waals surface area contributed by atoms with Gasteiger partial charge in [0.1, 0.15) is 5.60 Å². The molecule has 2 rings (SSSR count). The number of hydrogen-bond donors (Lipinski definition) is 1. The molecule has 27 heavy (non-hydrogen) atoms. The summed E-state index contributed by atoms with van der Waals surface area (Å²) in [6.07, 6.45) is 2.61. The average Bonchev–Trinajstić information content (AvgIpc) is 2.59. The van der Waals surface area contributed by atoms with Crippen LogP contribution in [0.2, 0.25) is 0 Å². The lowest BCUT2D eigenvalue weighted by Gasteiger charge is -2.32. The van der Waals surface area contributed by atoms with Crippen LogP contribution in [0.4, 0.5) is 16.2 Å². The van der Waals surface area contributed by atoms with Crippen LogP contribution in [0.3, 0.4) is 0 Å². The van der Waals surface area contributed by atoms with Crippen LogP contribution in [0.5, 0.6) is 5.75 Å². The number of likely N-dealkylation sites (tertiary alicyclic amines) is 1. The first-order chi connectivity index (χ1) is 12.6. The second-order valence-electron chi connectivity index (χ2n) is 7.39. The predicted octanol–water partition coefficient (Wildman–Crippen LogP) is 3.00. The van der Waals surface area contributed by atoms with Crippen molar-refractivity contribution in [3.05, 3.63) is 27.8 Å². The van der Waals surface area contributed by atoms with Crippen molar-refractivity contribution in [3.8, 4) is 5.75 Å². The van der Waals surface area contributed by atoms with Gasteiger partial charge < -0.3 is 20.1 Å². The summed E-state index contributed by atoms with van der Waals surface area (Å²) in [6.45, 7) is 6.60. The molecule has 9 nitrogen and oxygen atoms in total. The molecule has 0 spiro atoms. The smallest absolute Gasteiger partial charge is 0.410 e. The van der Waals surface area contributed by atoms with Crippen molar-refractivity contribution in [1.82, 2.24) is 4.90 Å². The highest BCUT2D eigenvalue weighted by molar-refractivity contribution is 5.89. The third-order valence-electron chi connectivity index (χ3n) is 4.12. The van der Waals surface area contributed by atoms with Crippen molar-refractivity contribution in [2.24, 2.45) is 4.99 Å². The summed E-state index contributed by atoms with van der Waals surface area (Å²) in [6, 6.07) is 2.79. The van der Waals surface area contributed by atoms with E-state index in [1.165, 1.54) is 19.2 Å². The van der Waals surface area contributed by atoms with E-state index in [0.717, 1.165) is 0 Å². The molecule has 0 atom stereocenters. The zero-order valence-electron chi connectivity index (χ0n) is 16.1. The van der Waals surface area contributed by atoms with Crippen LogP contribution in [-0.2, 0) is 4.74 Å². The van der Waals surface area contributed by atoms with E-state index in [9.17, 15) is 14.9 Å². The van der Waals surface area contributed by atoms with E-state index >= 15 is 0 Å². The van der Waals surface area contributed by atoms with Gasteiger partial charge in [-0.15, -0.1) is 0 Å². The standard InChI is InChI=1S/C18H26N4O5/c1-18(2,3)27-17(23)21-7-5-13(6-8-21)20-11-12-9-15(22(24)25)16(26-4)10-14(12)19/h9-11,13H,5-8,19H2,1-4H3. The van der Waals surface area contributed by atoms with Crippen molar-refractivity contribution in [2.45, 2.75) is 45.3 Å². The first kappa shape index (κ1) is 20.5. The molecular weight excluding hydrogens is 352 g/mol. The summed E-state index contributed by atoms with van der Waals surface area (Å²) < 4.78 is 10.4. The number of anilines is 1. The third-order valence-corrected chi connectivity index (χ3v) is 4.12. The number of amides is 1. The maximum atomic E-state index is 12.1. The van der Waals surface area contributed by atoms with E-state index < -0.39 is 10.5 Å². The van der Waals surface area contributed by atoms with E-state index in [1.54, 1.807) is 11.1 Å². The molecule has 1 aromatic rings. The lowest BCUT2D eigenvalue weighted by molar-refractivity contribution is -0.385. The molecule has 0 saturated carbocycles. The number of nitro benzene ring substituents is 1. The Morgan fingerprint density at radius 2 is 2.00 bits per heavy atom. The molecule has 148 valence electrons. The van der Waals surface area contributed by atoms with Crippen LogP contribution in [0, 0.1) is 10.1 Å². The molecule has 1 aromatic carbocycles. The van der Waals surface area contributed by atoms with E-state index in [2.05, 4.69) is 4.99 Å². The van der Waals surface area contributed by atoms with E-state index in [0.29, 0.717) is 37.2 Å². The number of piperidine rings is 1. The molecule has 1 aliphatic heterocycles. The highest BCUT2D eigenvalue weighted by Crippen LogP contribution is 2.31. The average molecular weight is 378 g/mol. The van der Waals surface area contributed by atoms with Crippen molar-refractivity contribution < 1.29 is 19.2 Å². The van der Waals surface area contributed by atoms with Gasteiger partial charge in [0.05, 0.1) is 18.1 Å². The SMILES string of the molecule is COc1cc(N)c(C=NC2CCN(C(=O)OC(C)(C)C)CC2)cc1[N+](=O)[O-]. The number of nitrogen functional groups attached to an aromatic ring is 1. The van der Waals surface area contributed by atoms with Gasteiger partial charge in [0.15, 0.2) is 5.75 Å². The lowest BCUT2D eigenvalue weighted by atomic mass is 10.1. The quantitative estimate of drug-likeness (QED) is 0.372. The third kappa shape index (κ3) is 5.57. The van der Waals surface area contributed by atoms with Gasteiger partial charge in [-0.1, -0.05) is 0 Å². The largest absolute Gasteiger partial charge is 0.490 e. The molecule has 1 heterocycles. The number of ether oxygens (including phenoxy) is 2. The Morgan fingerprint density at radius 3 is 2.52 bits per heavy atom. The molecule has 9 heteroatoms. The first-order valence-corrected chi connectivity index (χ1v) is 8.73. The summed E-state index contributed by atoms with van der Waals surface area (Å²) in [7, 11) is 1.36. The number of nitrogens with zero attached hydrogens (tertiary/aromatic N) is 3. The minimum absolute atomic E-state index is 0.0178. The van der Waals surface area contributed by atoms with Crippen LogP contribution in [0.25, 0.3) is 0 Å². The van der Waals surface area contributed by atoms with Gasteiger partial charge in [-0.2, -0.15) is 0 Å². The molecule has 0 bridgehead atoms. The van der Waals surface area contributed by atoms with Crippen molar-refractivity contribution in [1.29, 1.82) is 0 Å². The maximum Gasteiger partial charge on any atom is 0.410 e. The van der Waals surface area contributed by atoms with Crippen LogP contribution in [0.15, 0.2) is 17.1 Å². The molecule has 1 amide bonds. The maximum absolute atomic E-state index is 12.1. The Bertz CT molecular complexity index is 734. The second kappa shape index (κ2) is 8.24. The Labute approximate surface area is 158 Å². The van der Waals surface area contributed by atoms with Gasteiger partial charge in [0, 0.05) is 42.7 Å². The number of nitro groups is 1. The number of benzene rings is 1. The van der Waals surface area contributed by atoms with Crippen molar-refractivity contribution in [3.63, 3.8) is 0 Å². The minimum Gasteiger partial charge on any atom is -0.490 e. The topological polar surface area (TPSA) is 120 Å². The zero-order chi connectivity index (χ0) is 20.2. The van der Waals surface area contributed by atoms with Crippen LogP contribution in [0.1, 0.15) is 39.2 Å². The fourth-order valence-electron chi connectivity index (χ4n) is 2.73. The summed E-state index contributed by atoms with van der Waals surface area (Å²) >= 11 is 0. The fraction of sp³-hybridized carbons (Fsp3) is 0.556. The summed E-state index contributed by atoms with van der Waals surface area (Å²) in [4.78, 5) is 28.9. The summed E-state index contributed by atoms with van der Waals surface area (Å²) in [5, 5.41) is 11.1. The molecule has 0 aromatic heterocycles. The Morgan fingerprint density at radius 1 is 1.37 bits per heavy atom. The van der Waals surface area contributed by atoms with Gasteiger partial charge in [-0.05, 0) is 33.6 Å². The van der Waals surface area contributed by atoms with E-state index in [4.69, 9.17) is 15.2 Å². The van der Waals surface area contributed by atoms with Gasteiger partial charge >= 0.3 is 11.8 Å². The number of rotatable bonds is 4. The minimum atomic E-state index is -0.521. The van der Waals surface area contributed by atoms with Gasteiger partial charge in [0.25, 0.3) is 0 Å². The summed E-state index contributed by atoms with van der Waals surface area (Å²) in [5.74, 6) is 0.111. The second-order valence-corrected chi connectivity index (χ2v) is 7.39. The Hall–Kier alpha value is -2.84. The number of carbonyl (C=O) groups excluding carboxylic acids is 1. The van der Waals surface area contributed by atoms with E-state index in [1.807, 2.05) is 20.8 Å². The molecule has 1 fully saturated rings. The molecular formula is C18H26N4O5. The molecule has 0 unspecified atom stereocenters. The van der Waals surface area contributed by atoms with Gasteiger partial charge in [-0.3, -0.25) is 15.1 Å². The Kier molecular flexibility index (Phi) is 6.24. The molecule has 1 saturated heterocycles. The molecule has 0 radical (unpaired) electrons. The number of aliphatic imine (C=N–C) groups is 1. The number of methoxy groups -OCH3 is 1. The van der Waals surface area contributed by atoms with E-state index in [-0.39, 0.29) is 23.6 Å². The lowest BCUT2D eigenvalue weighted by Crippen LogP contribution is -2.42. The first-order valence-electron chi connectivity index (χ1n) is 8.73. The molecule has 0 aliphatic carbocycles. The zero-order valence-corrected chi connectivity index (χ0v) is 16.1. The van der Waals surface area contributed by atoms with Crippen molar-refractivity contribution >= 4 is 23.7 Å². The number of hydrogen-bond acceptors (Lipinski definition) is 7. The van der Waals surface area contributed by atoms with Crippen LogP contribution in [-0.4, -0.2) is 54.0 Å². The predicted molar refractivity (Wildman–Crippen MR) is 102 cm³/mol. The Balaban J connectivity index is 2.01. The van der Waals surface area contributed by atoms with Gasteiger partial charge in [0.2, 0.25) is 0 Å². The number of carbonyl (C=O) groups is 1. The van der Waals surface area contributed by atoms with Crippen LogP contribution >= 0.6 is 0 Å². The number of nitrogens with two attached hydrogens (primary N) is 1. The van der Waals surface area contributed by atoms with Crippen molar-refractivity contribution in [2.75, 3.05) is 25.9 Å². The molecule has 1 aliphatic rings. The highest BCUT2D eigenvalue weighted by atomic mass is 16.6. The monoisotopic (exact) mass is 378 g/mol. The molecule has 2 N–H and O–H groups in total. The highest BCUT2D eigenvalue weighted by Gasteiger charge is 2.26. The van der Waals surface area contributed by atoms with Crippen LogP contribution < -0.4 is 10.5 Å². The fourth-order valence-corrected chi connectivity index (χ4v) is 2.73.